The van der Waals surface area contributed by atoms with Gasteiger partial charge in [-0.25, -0.2) is 0 Å². The van der Waals surface area contributed by atoms with E-state index >= 15 is 0 Å². The number of hydrogen-bond acceptors (Lipinski definition) is 0. The fourth-order valence-corrected chi connectivity index (χ4v) is 10.0. The number of halogens is 1. The summed E-state index contributed by atoms with van der Waals surface area (Å²) in [6.07, 6.45) is 1.01. The molecule has 0 amide bonds. The molecule has 0 spiro atoms. The molecule has 0 aliphatic rings. The van der Waals surface area contributed by atoms with Gasteiger partial charge in [-0.05, 0) is 54.4 Å². The molecule has 0 bridgehead atoms. The first-order chi connectivity index (χ1) is 16.7. The summed E-state index contributed by atoms with van der Waals surface area (Å²) < 4.78 is 0. The molecule has 0 heterocycles. The molecule has 0 nitrogen and oxygen atoms in total. The summed E-state index contributed by atoms with van der Waals surface area (Å²) in [5.74, 6) is 0. The van der Waals surface area contributed by atoms with Crippen LogP contribution >= 0.6 is 7.26 Å². The zero-order chi connectivity index (χ0) is 23.3. The van der Waals surface area contributed by atoms with Crippen LogP contribution in [0.1, 0.15) is 18.1 Å². The second-order valence-corrected chi connectivity index (χ2v) is 12.5. The molecule has 0 aliphatic carbocycles. The van der Waals surface area contributed by atoms with Crippen LogP contribution in [-0.2, 0) is 5.41 Å². The van der Waals surface area contributed by atoms with Gasteiger partial charge in [0, 0.05) is 0 Å². The third kappa shape index (κ3) is 4.83. The number of rotatable bonds is 7. The van der Waals surface area contributed by atoms with Gasteiger partial charge in [0.1, 0.15) is 23.2 Å². The van der Waals surface area contributed by atoms with E-state index < -0.39 is 7.26 Å². The first-order valence-corrected chi connectivity index (χ1v) is 13.9. The van der Waals surface area contributed by atoms with Crippen LogP contribution < -0.4 is 28.3 Å². The topological polar surface area (TPSA) is 0 Å². The Morgan fingerprint density at radius 2 is 0.686 bits per heavy atom. The molecule has 174 valence electrons. The highest BCUT2D eigenvalue weighted by molar-refractivity contribution is 7.95. The standard InChI is InChI=1S/C33H30P.ClH/c1-33(28-17-7-2-8-18-28,29-19-9-3-10-20-29)27-34(30-21-11-4-12-22-30,31-23-13-5-14-24-31)32-25-15-6-16-26-32;/h2-26H,27H2,1H3;1H/q+1;/p-1. The molecule has 0 aromatic heterocycles. The van der Waals surface area contributed by atoms with Crippen molar-refractivity contribution < 1.29 is 12.4 Å². The van der Waals surface area contributed by atoms with Gasteiger partial charge >= 0.3 is 0 Å². The minimum absolute atomic E-state index is 0. The largest absolute Gasteiger partial charge is 1.00 e. The van der Waals surface area contributed by atoms with Crippen molar-refractivity contribution in [3.8, 4) is 0 Å². The van der Waals surface area contributed by atoms with Crippen molar-refractivity contribution in [1.82, 2.24) is 0 Å². The van der Waals surface area contributed by atoms with Crippen LogP contribution in [0.3, 0.4) is 0 Å². The third-order valence-corrected chi connectivity index (χ3v) is 11.6. The quantitative estimate of drug-likeness (QED) is 0.301. The Morgan fingerprint density at radius 1 is 0.429 bits per heavy atom. The molecule has 5 aromatic rings. The van der Waals surface area contributed by atoms with Crippen molar-refractivity contribution in [3.05, 3.63) is 163 Å². The van der Waals surface area contributed by atoms with Crippen LogP contribution in [0.2, 0.25) is 0 Å². The summed E-state index contributed by atoms with van der Waals surface area (Å²) in [7, 11) is -2.01. The summed E-state index contributed by atoms with van der Waals surface area (Å²) >= 11 is 0. The van der Waals surface area contributed by atoms with Gasteiger partial charge in [0.2, 0.25) is 0 Å². The summed E-state index contributed by atoms with van der Waals surface area (Å²) in [5.41, 5.74) is 2.54. The van der Waals surface area contributed by atoms with Gasteiger partial charge in [0.25, 0.3) is 0 Å². The first kappa shape index (κ1) is 24.9. The van der Waals surface area contributed by atoms with Gasteiger partial charge in [-0.15, -0.1) is 0 Å². The molecule has 0 fully saturated rings. The van der Waals surface area contributed by atoms with Gasteiger partial charge < -0.3 is 12.4 Å². The highest BCUT2D eigenvalue weighted by Gasteiger charge is 2.51. The Morgan fingerprint density at radius 3 is 0.971 bits per heavy atom. The maximum atomic E-state index is 2.43. The van der Waals surface area contributed by atoms with Crippen LogP contribution in [0.4, 0.5) is 0 Å². The predicted octanol–water partition coefficient (Wildman–Crippen LogP) is 3.99. The Hall–Kier alpha value is -3.18. The van der Waals surface area contributed by atoms with Gasteiger partial charge in [0.05, 0.1) is 11.6 Å². The van der Waals surface area contributed by atoms with Crippen LogP contribution in [0, 0.1) is 0 Å². The second-order valence-electron chi connectivity index (χ2n) is 9.04. The molecule has 35 heavy (non-hydrogen) atoms. The highest BCUT2D eigenvalue weighted by Crippen LogP contribution is 2.60. The van der Waals surface area contributed by atoms with Gasteiger partial charge in [-0.2, -0.15) is 0 Å². The molecular weight excluding hydrogens is 463 g/mol. The fourth-order valence-electron chi connectivity index (χ4n) is 5.20. The monoisotopic (exact) mass is 492 g/mol. The molecular formula is C33H30ClP. The Balaban J connectivity index is 0.00000289. The van der Waals surface area contributed by atoms with E-state index in [2.05, 4.69) is 159 Å². The average Bonchev–Trinajstić information content (AvgIpc) is 2.94. The van der Waals surface area contributed by atoms with E-state index in [0.29, 0.717) is 0 Å². The lowest BCUT2D eigenvalue weighted by Gasteiger charge is -2.38. The molecule has 0 N–H and O–H groups in total. The molecule has 0 aliphatic heterocycles. The predicted molar refractivity (Wildman–Crippen MR) is 149 cm³/mol. The van der Waals surface area contributed by atoms with E-state index in [1.165, 1.54) is 27.0 Å². The zero-order valence-corrected chi connectivity index (χ0v) is 21.6. The van der Waals surface area contributed by atoms with Gasteiger partial charge in [-0.1, -0.05) is 115 Å². The van der Waals surface area contributed by atoms with E-state index in [9.17, 15) is 0 Å². The van der Waals surface area contributed by atoms with E-state index in [-0.39, 0.29) is 17.8 Å². The van der Waals surface area contributed by atoms with E-state index in [4.69, 9.17) is 0 Å². The molecule has 2 heteroatoms. The Labute approximate surface area is 216 Å². The van der Waals surface area contributed by atoms with Crippen LogP contribution in [0.5, 0.6) is 0 Å². The van der Waals surface area contributed by atoms with Gasteiger partial charge in [-0.3, -0.25) is 0 Å². The molecule has 0 unspecified atom stereocenters. The van der Waals surface area contributed by atoms with Crippen molar-refractivity contribution >= 4 is 23.2 Å². The molecule has 5 aromatic carbocycles. The molecule has 0 atom stereocenters. The fraction of sp³-hybridized carbons (Fsp3) is 0.0909. The molecule has 5 rings (SSSR count). The van der Waals surface area contributed by atoms with Crippen molar-refractivity contribution in [2.75, 3.05) is 6.16 Å². The average molecular weight is 493 g/mol. The molecule has 0 saturated carbocycles. The summed E-state index contributed by atoms with van der Waals surface area (Å²) in [4.78, 5) is 0. The van der Waals surface area contributed by atoms with Crippen molar-refractivity contribution in [3.63, 3.8) is 0 Å². The Kier molecular flexibility index (Phi) is 7.86. The second kappa shape index (κ2) is 11.0. The lowest BCUT2D eigenvalue weighted by molar-refractivity contribution is -0.00000668. The summed E-state index contributed by atoms with van der Waals surface area (Å²) in [6.45, 7) is 2.43. The van der Waals surface area contributed by atoms with Crippen LogP contribution in [-0.4, -0.2) is 6.16 Å². The van der Waals surface area contributed by atoms with Crippen molar-refractivity contribution in [1.29, 1.82) is 0 Å². The van der Waals surface area contributed by atoms with Crippen LogP contribution in [0.25, 0.3) is 0 Å². The van der Waals surface area contributed by atoms with Crippen molar-refractivity contribution in [2.24, 2.45) is 0 Å². The molecule has 0 radical (unpaired) electrons. The van der Waals surface area contributed by atoms with Gasteiger partial charge in [0.15, 0.2) is 0 Å². The summed E-state index contributed by atoms with van der Waals surface area (Å²) in [6, 6.07) is 55.7. The summed E-state index contributed by atoms with van der Waals surface area (Å²) in [5, 5.41) is 4.27. The van der Waals surface area contributed by atoms with E-state index in [1.807, 2.05) is 0 Å². The van der Waals surface area contributed by atoms with Crippen molar-refractivity contribution in [2.45, 2.75) is 12.3 Å². The lowest BCUT2D eigenvalue weighted by atomic mass is 9.78. The minimum Gasteiger partial charge on any atom is -1.00 e. The third-order valence-electron chi connectivity index (χ3n) is 6.97. The maximum absolute atomic E-state index is 2.43. The first-order valence-electron chi connectivity index (χ1n) is 11.9. The number of hydrogen-bond donors (Lipinski definition) is 0. The SMILES string of the molecule is CC(C[P+](c1ccccc1)(c1ccccc1)c1ccccc1)(c1ccccc1)c1ccccc1.[Cl-]. The van der Waals surface area contributed by atoms with E-state index in [0.717, 1.165) is 6.16 Å². The lowest BCUT2D eigenvalue weighted by Crippen LogP contribution is -3.00. The normalized spacial score (nSPS) is 11.5. The smallest absolute Gasteiger partial charge is 0.113 e. The highest BCUT2D eigenvalue weighted by atomic mass is 35.5. The Bertz CT molecular complexity index is 1170. The van der Waals surface area contributed by atoms with Crippen LogP contribution in [0.15, 0.2) is 152 Å². The minimum atomic E-state index is -2.01. The number of benzene rings is 5. The van der Waals surface area contributed by atoms with E-state index in [1.54, 1.807) is 0 Å². The maximum Gasteiger partial charge on any atom is 0.113 e. The zero-order valence-electron chi connectivity index (χ0n) is 20.0. The molecule has 0 saturated heterocycles.